The van der Waals surface area contributed by atoms with E-state index in [1.807, 2.05) is 50.3 Å². The lowest BCUT2D eigenvalue weighted by molar-refractivity contribution is 0.640. The molecule has 0 aliphatic carbocycles. The molecular formula is C21H22Cl2. The van der Waals surface area contributed by atoms with Crippen LogP contribution in [0.1, 0.15) is 49.9 Å². The highest BCUT2D eigenvalue weighted by Crippen LogP contribution is 2.35. The van der Waals surface area contributed by atoms with Crippen molar-refractivity contribution in [2.24, 2.45) is 0 Å². The highest BCUT2D eigenvalue weighted by atomic mass is 35.5. The Morgan fingerprint density at radius 2 is 1.13 bits per heavy atom. The quantitative estimate of drug-likeness (QED) is 0.542. The minimum Gasteiger partial charge on any atom is -0.0870 e. The highest BCUT2D eigenvalue weighted by Gasteiger charge is 2.24. The Kier molecular flexibility index (Phi) is 5.73. The molecule has 0 unspecified atom stereocenters. The van der Waals surface area contributed by atoms with Crippen molar-refractivity contribution in [3.63, 3.8) is 0 Å². The van der Waals surface area contributed by atoms with Gasteiger partial charge in [0.25, 0.3) is 0 Å². The van der Waals surface area contributed by atoms with Gasteiger partial charge in [0, 0.05) is 15.5 Å². The van der Waals surface area contributed by atoms with Crippen LogP contribution in [0.3, 0.4) is 0 Å². The number of rotatable bonds is 4. The van der Waals surface area contributed by atoms with E-state index in [1.165, 1.54) is 11.1 Å². The Morgan fingerprint density at radius 3 is 1.48 bits per heavy atom. The molecule has 0 bridgehead atoms. The smallest absolute Gasteiger partial charge is 0.0478 e. The number of hydrogen-bond donors (Lipinski definition) is 0. The van der Waals surface area contributed by atoms with Crippen LogP contribution in [0, 0.1) is 0 Å². The molecule has 0 radical (unpaired) electrons. The lowest BCUT2D eigenvalue weighted by Gasteiger charge is -2.27. The van der Waals surface area contributed by atoms with E-state index in [9.17, 15) is 0 Å². The fourth-order valence-corrected chi connectivity index (χ4v) is 3.01. The normalized spacial score (nSPS) is 12.4. The van der Waals surface area contributed by atoms with Gasteiger partial charge in [-0.2, -0.15) is 0 Å². The van der Waals surface area contributed by atoms with E-state index in [2.05, 4.69) is 38.1 Å². The molecule has 0 aromatic heterocycles. The minimum absolute atomic E-state index is 0.137. The molecule has 0 spiro atoms. The predicted octanol–water partition coefficient (Wildman–Crippen LogP) is 7.39. The van der Waals surface area contributed by atoms with Gasteiger partial charge in [0.2, 0.25) is 0 Å². The molecule has 0 amide bonds. The Balaban J connectivity index is 2.53. The summed E-state index contributed by atoms with van der Waals surface area (Å²) in [7, 11) is 0. The minimum atomic E-state index is -0.137. The van der Waals surface area contributed by atoms with Crippen LogP contribution in [0.15, 0.2) is 48.6 Å². The Hall–Kier alpha value is -1.50. The zero-order valence-corrected chi connectivity index (χ0v) is 15.5. The summed E-state index contributed by atoms with van der Waals surface area (Å²) in [4.78, 5) is 0. The molecule has 0 N–H and O–H groups in total. The van der Waals surface area contributed by atoms with Gasteiger partial charge in [0.1, 0.15) is 0 Å². The van der Waals surface area contributed by atoms with Gasteiger partial charge >= 0.3 is 0 Å². The molecule has 2 rings (SSSR count). The van der Waals surface area contributed by atoms with Crippen LogP contribution in [0.25, 0.3) is 12.2 Å². The van der Waals surface area contributed by atoms with Crippen molar-refractivity contribution in [2.45, 2.75) is 33.1 Å². The van der Waals surface area contributed by atoms with E-state index in [1.54, 1.807) is 0 Å². The van der Waals surface area contributed by atoms with Gasteiger partial charge in [0.15, 0.2) is 0 Å². The third-order valence-corrected chi connectivity index (χ3v) is 4.82. The summed E-state index contributed by atoms with van der Waals surface area (Å²) in [6, 6.07) is 12.4. The lowest BCUT2D eigenvalue weighted by Crippen LogP contribution is -2.19. The molecule has 0 aliphatic rings. The lowest BCUT2D eigenvalue weighted by atomic mass is 9.77. The standard InChI is InChI=1S/C21H22Cl2/c1-5-7-15-13-17(9-11-19(15)22)21(3,4)18-10-12-20(23)16(14-18)8-6-2/h5-14H,1-4H3/b7-5-,8-6-. The SMILES string of the molecule is C/C=C\c1cc(C(C)(C)c2ccc(Cl)c(/C=C\C)c2)ccc1Cl. The van der Waals surface area contributed by atoms with E-state index in [0.717, 1.165) is 21.2 Å². The van der Waals surface area contributed by atoms with Crippen molar-refractivity contribution >= 4 is 35.4 Å². The second kappa shape index (κ2) is 7.38. The van der Waals surface area contributed by atoms with Gasteiger partial charge in [-0.25, -0.2) is 0 Å². The zero-order valence-electron chi connectivity index (χ0n) is 14.0. The van der Waals surface area contributed by atoms with Crippen LogP contribution in [0.4, 0.5) is 0 Å². The molecule has 2 aromatic carbocycles. The number of allylic oxidation sites excluding steroid dienone is 2. The maximum Gasteiger partial charge on any atom is 0.0478 e. The molecule has 2 aromatic rings. The molecule has 0 fully saturated rings. The van der Waals surface area contributed by atoms with Crippen molar-refractivity contribution in [2.75, 3.05) is 0 Å². The van der Waals surface area contributed by atoms with Crippen LogP contribution in [-0.4, -0.2) is 0 Å². The second-order valence-electron chi connectivity index (χ2n) is 6.10. The topological polar surface area (TPSA) is 0 Å². The summed E-state index contributed by atoms with van der Waals surface area (Å²) in [6.07, 6.45) is 8.08. The van der Waals surface area contributed by atoms with Crippen LogP contribution < -0.4 is 0 Å². The van der Waals surface area contributed by atoms with Crippen molar-refractivity contribution in [1.29, 1.82) is 0 Å². The van der Waals surface area contributed by atoms with Gasteiger partial charge < -0.3 is 0 Å². The van der Waals surface area contributed by atoms with Crippen molar-refractivity contribution in [1.82, 2.24) is 0 Å². The molecule has 2 heteroatoms. The zero-order chi connectivity index (χ0) is 17.0. The average Bonchev–Trinajstić information content (AvgIpc) is 2.51. The summed E-state index contributed by atoms with van der Waals surface area (Å²) in [5.74, 6) is 0. The molecule has 23 heavy (non-hydrogen) atoms. The molecule has 0 nitrogen and oxygen atoms in total. The average molecular weight is 345 g/mol. The van der Waals surface area contributed by atoms with E-state index in [4.69, 9.17) is 23.2 Å². The number of benzene rings is 2. The summed E-state index contributed by atoms with van der Waals surface area (Å²) < 4.78 is 0. The maximum atomic E-state index is 6.28. The highest BCUT2D eigenvalue weighted by molar-refractivity contribution is 6.32. The molecule has 0 saturated heterocycles. The largest absolute Gasteiger partial charge is 0.0870 e. The first-order chi connectivity index (χ1) is 10.9. The fraction of sp³-hybridized carbons (Fsp3) is 0.238. The van der Waals surface area contributed by atoms with Gasteiger partial charge in [0.05, 0.1) is 0 Å². The summed E-state index contributed by atoms with van der Waals surface area (Å²) >= 11 is 12.6. The first-order valence-electron chi connectivity index (χ1n) is 7.75. The molecule has 0 saturated carbocycles. The van der Waals surface area contributed by atoms with Gasteiger partial charge in [-0.15, -0.1) is 0 Å². The maximum absolute atomic E-state index is 6.28. The molecular weight excluding hydrogens is 323 g/mol. The third kappa shape index (κ3) is 3.88. The predicted molar refractivity (Wildman–Crippen MR) is 104 cm³/mol. The molecule has 0 aliphatic heterocycles. The fourth-order valence-electron chi connectivity index (χ4n) is 2.65. The van der Waals surface area contributed by atoms with Crippen LogP contribution in [0.2, 0.25) is 10.0 Å². The van der Waals surface area contributed by atoms with Crippen LogP contribution in [0.5, 0.6) is 0 Å². The molecule has 0 heterocycles. The number of hydrogen-bond acceptors (Lipinski definition) is 0. The molecule has 0 atom stereocenters. The van der Waals surface area contributed by atoms with Crippen molar-refractivity contribution in [3.05, 3.63) is 80.8 Å². The monoisotopic (exact) mass is 344 g/mol. The Labute approximate surface area is 149 Å². The Bertz CT molecular complexity index is 689. The van der Waals surface area contributed by atoms with E-state index >= 15 is 0 Å². The number of halogens is 2. The van der Waals surface area contributed by atoms with E-state index < -0.39 is 0 Å². The molecule has 120 valence electrons. The van der Waals surface area contributed by atoms with Gasteiger partial charge in [-0.05, 0) is 60.4 Å². The summed E-state index contributed by atoms with van der Waals surface area (Å²) in [6.45, 7) is 8.43. The van der Waals surface area contributed by atoms with Gasteiger partial charge in [-0.1, -0.05) is 73.5 Å². The van der Waals surface area contributed by atoms with Crippen LogP contribution in [-0.2, 0) is 5.41 Å². The third-order valence-electron chi connectivity index (χ3n) is 4.13. The van der Waals surface area contributed by atoms with E-state index in [0.29, 0.717) is 0 Å². The van der Waals surface area contributed by atoms with E-state index in [-0.39, 0.29) is 5.41 Å². The summed E-state index contributed by atoms with van der Waals surface area (Å²) in [5.41, 5.74) is 4.40. The Morgan fingerprint density at radius 1 is 0.739 bits per heavy atom. The van der Waals surface area contributed by atoms with Gasteiger partial charge in [-0.3, -0.25) is 0 Å². The summed E-state index contributed by atoms with van der Waals surface area (Å²) in [5, 5.41) is 1.54. The second-order valence-corrected chi connectivity index (χ2v) is 6.91. The first-order valence-corrected chi connectivity index (χ1v) is 8.51. The van der Waals surface area contributed by atoms with Crippen molar-refractivity contribution < 1.29 is 0 Å². The first kappa shape index (κ1) is 17.8. The van der Waals surface area contributed by atoms with Crippen molar-refractivity contribution in [3.8, 4) is 0 Å². The van der Waals surface area contributed by atoms with Crippen LogP contribution >= 0.6 is 23.2 Å².